The molecule has 8 heteroatoms. The molecule has 0 atom stereocenters. The number of halogens is 1. The van der Waals surface area contributed by atoms with Gasteiger partial charge in [-0.3, -0.25) is 24.4 Å². The van der Waals surface area contributed by atoms with E-state index in [9.17, 15) is 14.4 Å². The maximum atomic E-state index is 13.6. The zero-order chi connectivity index (χ0) is 23.0. The summed E-state index contributed by atoms with van der Waals surface area (Å²) < 4.78 is 2.97. The molecule has 0 radical (unpaired) electrons. The number of amides is 2. The van der Waals surface area contributed by atoms with Crippen molar-refractivity contribution in [3.8, 4) is 5.69 Å². The van der Waals surface area contributed by atoms with E-state index in [2.05, 4.69) is 5.10 Å². The molecule has 0 saturated carbocycles. The van der Waals surface area contributed by atoms with Crippen LogP contribution in [0.5, 0.6) is 0 Å². The van der Waals surface area contributed by atoms with E-state index in [1.807, 2.05) is 26.8 Å². The molecule has 0 bridgehead atoms. The molecule has 4 rings (SSSR count). The monoisotopic (exact) mass is 451 g/mol. The molecular formula is C24H24ClN4O3+. The molecule has 32 heavy (non-hydrogen) atoms. The molecule has 7 nitrogen and oxygen atoms in total. The number of imide groups is 1. The summed E-state index contributed by atoms with van der Waals surface area (Å²) in [7, 11) is 0. The number of pyridine rings is 1. The third-order valence-corrected chi connectivity index (χ3v) is 5.61. The Morgan fingerprint density at radius 3 is 2.38 bits per heavy atom. The number of nitrogens with one attached hydrogen (secondary N) is 1. The lowest BCUT2D eigenvalue weighted by Gasteiger charge is -2.12. The predicted molar refractivity (Wildman–Crippen MR) is 122 cm³/mol. The molecule has 164 valence electrons. The van der Waals surface area contributed by atoms with Crippen LogP contribution in [0.1, 0.15) is 44.4 Å². The Morgan fingerprint density at radius 2 is 1.75 bits per heavy atom. The lowest BCUT2D eigenvalue weighted by molar-refractivity contribution is -0.576. The van der Waals surface area contributed by atoms with Gasteiger partial charge in [-0.2, -0.15) is 4.57 Å². The van der Waals surface area contributed by atoms with Gasteiger partial charge in [0.15, 0.2) is 12.4 Å². The summed E-state index contributed by atoms with van der Waals surface area (Å²) in [4.78, 5) is 41.6. The van der Waals surface area contributed by atoms with Gasteiger partial charge < -0.3 is 0 Å². The fourth-order valence-electron chi connectivity index (χ4n) is 3.91. The van der Waals surface area contributed by atoms with Crippen molar-refractivity contribution in [2.24, 2.45) is 0 Å². The highest BCUT2D eigenvalue weighted by atomic mass is 35.5. The number of benzene rings is 1. The quantitative estimate of drug-likeness (QED) is 0.461. The van der Waals surface area contributed by atoms with E-state index < -0.39 is 17.4 Å². The third kappa shape index (κ3) is 3.58. The Labute approximate surface area is 190 Å². The SMILES string of the molecule is CCCN1C(=O)C(c2c(C(C)C)[nH]n(-c3cccc(Cl)c3)c2=O)=C([n+]2ccccc2)C1=O. The van der Waals surface area contributed by atoms with Gasteiger partial charge in [-0.05, 0) is 30.5 Å². The van der Waals surface area contributed by atoms with Crippen LogP contribution in [0, 0.1) is 0 Å². The average Bonchev–Trinajstić information content (AvgIpc) is 3.23. The van der Waals surface area contributed by atoms with Crippen molar-refractivity contribution in [3.05, 3.63) is 81.5 Å². The Morgan fingerprint density at radius 1 is 1.03 bits per heavy atom. The van der Waals surface area contributed by atoms with Gasteiger partial charge in [0.25, 0.3) is 17.2 Å². The summed E-state index contributed by atoms with van der Waals surface area (Å²) in [6.07, 6.45) is 4.02. The molecular weight excluding hydrogens is 428 g/mol. The first-order valence-electron chi connectivity index (χ1n) is 10.5. The highest BCUT2D eigenvalue weighted by Crippen LogP contribution is 2.32. The van der Waals surface area contributed by atoms with Gasteiger partial charge in [-0.15, -0.1) is 0 Å². The summed E-state index contributed by atoms with van der Waals surface area (Å²) in [6.45, 7) is 6.04. The first-order valence-corrected chi connectivity index (χ1v) is 10.9. The second-order valence-corrected chi connectivity index (χ2v) is 8.38. The number of hydrogen-bond acceptors (Lipinski definition) is 3. The molecule has 1 aliphatic heterocycles. The number of nitrogens with zero attached hydrogens (tertiary/aromatic N) is 3. The van der Waals surface area contributed by atoms with Gasteiger partial charge in [0, 0.05) is 29.4 Å². The van der Waals surface area contributed by atoms with Crippen LogP contribution in [0.4, 0.5) is 0 Å². The fourth-order valence-corrected chi connectivity index (χ4v) is 4.10. The van der Waals surface area contributed by atoms with Crippen molar-refractivity contribution < 1.29 is 14.2 Å². The second kappa shape index (κ2) is 8.59. The smallest absolute Gasteiger partial charge is 0.294 e. The van der Waals surface area contributed by atoms with Crippen molar-refractivity contribution >= 4 is 34.7 Å². The lowest BCUT2D eigenvalue weighted by Crippen LogP contribution is -2.39. The van der Waals surface area contributed by atoms with Crippen LogP contribution >= 0.6 is 11.6 Å². The van der Waals surface area contributed by atoms with Crippen molar-refractivity contribution in [2.45, 2.75) is 33.1 Å². The van der Waals surface area contributed by atoms with E-state index in [0.29, 0.717) is 22.8 Å². The molecule has 0 aliphatic carbocycles. The zero-order valence-electron chi connectivity index (χ0n) is 18.1. The number of H-pyrrole nitrogens is 1. The Kier molecular flexibility index (Phi) is 5.84. The summed E-state index contributed by atoms with van der Waals surface area (Å²) in [5.74, 6) is -0.970. The van der Waals surface area contributed by atoms with Crippen LogP contribution in [-0.4, -0.2) is 33.0 Å². The molecule has 3 heterocycles. The maximum Gasteiger partial charge on any atom is 0.326 e. The van der Waals surface area contributed by atoms with Crippen LogP contribution in [0.15, 0.2) is 59.7 Å². The van der Waals surface area contributed by atoms with Gasteiger partial charge in [0.1, 0.15) is 5.57 Å². The van der Waals surface area contributed by atoms with Crippen LogP contribution in [0.3, 0.4) is 0 Å². The van der Waals surface area contributed by atoms with Gasteiger partial charge in [-0.1, -0.05) is 44.5 Å². The molecule has 2 aromatic heterocycles. The standard InChI is InChI=1S/C24H23ClN4O3/c1-4-11-28-22(30)19(21(24(28)32)27-12-6-5-7-13-27)18-20(15(2)3)26-29(23(18)31)17-10-8-9-16(25)14-17/h5-10,12-15H,4,11H2,1-3H3/p+1. The largest absolute Gasteiger partial charge is 0.326 e. The summed E-state index contributed by atoms with van der Waals surface area (Å²) >= 11 is 6.14. The maximum absolute atomic E-state index is 13.6. The van der Waals surface area contributed by atoms with E-state index in [1.54, 1.807) is 53.4 Å². The second-order valence-electron chi connectivity index (χ2n) is 7.94. The molecule has 1 aliphatic rings. The van der Waals surface area contributed by atoms with Crippen LogP contribution in [0.25, 0.3) is 17.0 Å². The fraction of sp³-hybridized carbons (Fsp3) is 0.250. The van der Waals surface area contributed by atoms with Gasteiger partial charge in [-0.25, -0.2) is 4.68 Å². The van der Waals surface area contributed by atoms with Crippen molar-refractivity contribution in [1.82, 2.24) is 14.7 Å². The van der Waals surface area contributed by atoms with Crippen LogP contribution in [0.2, 0.25) is 5.02 Å². The van der Waals surface area contributed by atoms with Gasteiger partial charge >= 0.3 is 5.91 Å². The summed E-state index contributed by atoms with van der Waals surface area (Å²) in [5.41, 5.74) is 1.24. The van der Waals surface area contributed by atoms with Crippen molar-refractivity contribution in [3.63, 3.8) is 0 Å². The van der Waals surface area contributed by atoms with E-state index in [1.165, 1.54) is 9.58 Å². The molecule has 0 spiro atoms. The molecule has 3 aromatic rings. The Bertz CT molecular complexity index is 1290. The number of hydrogen-bond donors (Lipinski definition) is 1. The summed E-state index contributed by atoms with van der Waals surface area (Å²) in [6, 6.07) is 12.3. The van der Waals surface area contributed by atoms with Gasteiger partial charge in [0.2, 0.25) is 0 Å². The van der Waals surface area contributed by atoms with Crippen LogP contribution in [-0.2, 0) is 9.59 Å². The van der Waals surface area contributed by atoms with Crippen molar-refractivity contribution in [1.29, 1.82) is 0 Å². The molecule has 0 fully saturated rings. The minimum Gasteiger partial charge on any atom is -0.294 e. The predicted octanol–water partition coefficient (Wildman–Crippen LogP) is 3.38. The molecule has 0 unspecified atom stereocenters. The first kappa shape index (κ1) is 21.8. The van der Waals surface area contributed by atoms with Crippen LogP contribution < -0.4 is 10.1 Å². The number of rotatable bonds is 6. The van der Waals surface area contributed by atoms with E-state index in [0.717, 1.165) is 0 Å². The van der Waals surface area contributed by atoms with E-state index in [-0.39, 0.29) is 29.3 Å². The lowest BCUT2D eigenvalue weighted by atomic mass is 9.98. The summed E-state index contributed by atoms with van der Waals surface area (Å²) in [5, 5.41) is 3.63. The Hall–Kier alpha value is -3.45. The normalized spacial score (nSPS) is 14.2. The highest BCUT2D eigenvalue weighted by Gasteiger charge is 2.47. The van der Waals surface area contributed by atoms with Gasteiger partial charge in [0.05, 0.1) is 11.3 Å². The molecule has 2 amide bonds. The minimum absolute atomic E-state index is 0.101. The number of carbonyl (C=O) groups excluding carboxylic acids is 2. The minimum atomic E-state index is -0.459. The average molecular weight is 452 g/mol. The van der Waals surface area contributed by atoms with E-state index in [4.69, 9.17) is 11.6 Å². The number of carbonyl (C=O) groups is 2. The number of aromatic amines is 1. The molecule has 0 saturated heterocycles. The molecule has 1 N–H and O–H groups in total. The van der Waals surface area contributed by atoms with Crippen molar-refractivity contribution in [2.75, 3.05) is 6.54 Å². The number of aromatic nitrogens is 3. The third-order valence-electron chi connectivity index (χ3n) is 5.38. The zero-order valence-corrected chi connectivity index (χ0v) is 18.9. The van der Waals surface area contributed by atoms with E-state index >= 15 is 0 Å². The highest BCUT2D eigenvalue weighted by molar-refractivity contribution is 6.44. The molecule has 1 aromatic carbocycles. The topological polar surface area (TPSA) is 79.1 Å². The Balaban J connectivity index is 2.03. The first-order chi connectivity index (χ1) is 15.3.